The van der Waals surface area contributed by atoms with Crippen LogP contribution >= 0.6 is 11.6 Å². The molecule has 4 rings (SSSR count). The number of hydrogen-bond acceptors (Lipinski definition) is 3. The van der Waals surface area contributed by atoms with E-state index in [0.717, 1.165) is 43.0 Å². The molecule has 1 fully saturated rings. The predicted molar refractivity (Wildman–Crippen MR) is 157 cm³/mol. The quantitative estimate of drug-likeness (QED) is 0.316. The van der Waals surface area contributed by atoms with E-state index in [9.17, 15) is 9.59 Å². The molecule has 1 aliphatic heterocycles. The maximum absolute atomic E-state index is 13.7. The number of hydrogen-bond donors (Lipinski definition) is 2. The van der Waals surface area contributed by atoms with Crippen molar-refractivity contribution in [3.63, 3.8) is 0 Å². The van der Waals surface area contributed by atoms with Crippen LogP contribution in [-0.4, -0.2) is 48.4 Å². The number of fused-ring (bicyclic) bond motifs is 1. The molecule has 3 aromatic rings. The van der Waals surface area contributed by atoms with Crippen molar-refractivity contribution in [3.8, 4) is 0 Å². The molecule has 3 aromatic carbocycles. The Morgan fingerprint density at radius 2 is 1.82 bits per heavy atom. The highest BCUT2D eigenvalue weighted by Gasteiger charge is 2.32. The van der Waals surface area contributed by atoms with Crippen molar-refractivity contribution in [2.45, 2.75) is 64.5 Å². The van der Waals surface area contributed by atoms with Crippen molar-refractivity contribution in [2.24, 2.45) is 5.92 Å². The van der Waals surface area contributed by atoms with Crippen LogP contribution in [0, 0.1) is 5.92 Å². The second-order valence-corrected chi connectivity index (χ2v) is 11.3. The summed E-state index contributed by atoms with van der Waals surface area (Å²) >= 11 is 6.10. The number of benzene rings is 3. The minimum Gasteiger partial charge on any atom is -0.350 e. The lowest BCUT2D eigenvalue weighted by molar-refractivity contribution is -0.133. The standard InChI is InChI=1S/C32H40ClN3O2/c1-4-23(24-8-6-5-7-9-24)21-36-17-16-29(35-30(32(36)38)15-10-22(2)3)20-34-31(37)27-12-11-26-19-28(33)14-13-25(26)18-27/h5-9,11-14,18-19,22-23,29-30,35H,4,10,15-17,20-21H2,1-3H3,(H,34,37)/t23-,29?,30+/m1/s1. The number of carbonyl (C=O) groups excluding carboxylic acids is 2. The van der Waals surface area contributed by atoms with E-state index in [1.165, 1.54) is 5.56 Å². The van der Waals surface area contributed by atoms with Crippen molar-refractivity contribution in [1.82, 2.24) is 15.5 Å². The molecule has 1 aliphatic rings. The van der Waals surface area contributed by atoms with E-state index >= 15 is 0 Å². The summed E-state index contributed by atoms with van der Waals surface area (Å²) in [4.78, 5) is 28.7. The highest BCUT2D eigenvalue weighted by Crippen LogP contribution is 2.24. The summed E-state index contributed by atoms with van der Waals surface area (Å²) in [5.41, 5.74) is 1.90. The highest BCUT2D eigenvalue weighted by atomic mass is 35.5. The lowest BCUT2D eigenvalue weighted by Crippen LogP contribution is -2.49. The molecule has 1 unspecified atom stereocenters. The molecule has 3 atom stereocenters. The number of halogens is 1. The third kappa shape index (κ3) is 7.36. The molecule has 1 heterocycles. The van der Waals surface area contributed by atoms with Crippen LogP contribution in [0.25, 0.3) is 10.8 Å². The van der Waals surface area contributed by atoms with E-state index < -0.39 is 0 Å². The van der Waals surface area contributed by atoms with Gasteiger partial charge in [-0.15, -0.1) is 0 Å². The van der Waals surface area contributed by atoms with Crippen LogP contribution in [-0.2, 0) is 4.79 Å². The summed E-state index contributed by atoms with van der Waals surface area (Å²) in [6, 6.07) is 21.6. The van der Waals surface area contributed by atoms with Crippen LogP contribution < -0.4 is 10.6 Å². The van der Waals surface area contributed by atoms with Crippen LogP contribution in [0.5, 0.6) is 0 Å². The Bertz CT molecular complexity index is 1230. The van der Waals surface area contributed by atoms with Crippen LogP contribution in [0.2, 0.25) is 5.02 Å². The third-order valence-electron chi connectivity index (χ3n) is 7.60. The number of nitrogens with one attached hydrogen (secondary N) is 2. The molecule has 0 spiro atoms. The summed E-state index contributed by atoms with van der Waals surface area (Å²) in [7, 11) is 0. The Labute approximate surface area is 231 Å². The second-order valence-electron chi connectivity index (χ2n) is 10.9. The molecule has 6 heteroatoms. The second kappa shape index (κ2) is 13.3. The largest absolute Gasteiger partial charge is 0.350 e. The van der Waals surface area contributed by atoms with Crippen LogP contribution in [0.3, 0.4) is 0 Å². The maximum atomic E-state index is 13.7. The zero-order valence-corrected chi connectivity index (χ0v) is 23.5. The first-order chi connectivity index (χ1) is 18.3. The Hall–Kier alpha value is -2.89. The number of carbonyl (C=O) groups is 2. The molecule has 2 amide bonds. The van der Waals surface area contributed by atoms with Gasteiger partial charge in [-0.2, -0.15) is 0 Å². The van der Waals surface area contributed by atoms with Gasteiger partial charge in [-0.3, -0.25) is 9.59 Å². The fourth-order valence-electron chi connectivity index (χ4n) is 5.27. The number of nitrogens with zero attached hydrogens (tertiary/aromatic N) is 1. The van der Waals surface area contributed by atoms with Gasteiger partial charge >= 0.3 is 0 Å². The lowest BCUT2D eigenvalue weighted by Gasteiger charge is -2.29. The summed E-state index contributed by atoms with van der Waals surface area (Å²) < 4.78 is 0. The highest BCUT2D eigenvalue weighted by molar-refractivity contribution is 6.31. The van der Waals surface area contributed by atoms with Gasteiger partial charge < -0.3 is 15.5 Å². The smallest absolute Gasteiger partial charge is 0.251 e. The number of rotatable bonds is 10. The van der Waals surface area contributed by atoms with Crippen LogP contribution in [0.15, 0.2) is 66.7 Å². The lowest BCUT2D eigenvalue weighted by atomic mass is 9.95. The van der Waals surface area contributed by atoms with Crippen molar-refractivity contribution in [3.05, 3.63) is 82.9 Å². The molecule has 0 aliphatic carbocycles. The Morgan fingerprint density at radius 1 is 1.08 bits per heavy atom. The average molecular weight is 534 g/mol. The predicted octanol–water partition coefficient (Wildman–Crippen LogP) is 6.41. The van der Waals surface area contributed by atoms with Gasteiger partial charge in [0.15, 0.2) is 0 Å². The van der Waals surface area contributed by atoms with E-state index in [2.05, 4.69) is 60.6 Å². The maximum Gasteiger partial charge on any atom is 0.251 e. The molecule has 0 aromatic heterocycles. The number of amides is 2. The van der Waals surface area contributed by atoms with Gasteiger partial charge in [0.25, 0.3) is 5.91 Å². The SMILES string of the molecule is CC[C@H](CN1CCC(CNC(=O)c2ccc3cc(Cl)ccc3c2)N[C@@H](CCC(C)C)C1=O)c1ccccc1. The molecule has 0 saturated carbocycles. The minimum absolute atomic E-state index is 0.0288. The molecule has 2 N–H and O–H groups in total. The zero-order chi connectivity index (χ0) is 27.1. The Morgan fingerprint density at radius 3 is 2.55 bits per heavy atom. The van der Waals surface area contributed by atoms with E-state index in [4.69, 9.17) is 11.6 Å². The van der Waals surface area contributed by atoms with Gasteiger partial charge in [0, 0.05) is 42.2 Å². The first-order valence-electron chi connectivity index (χ1n) is 13.9. The van der Waals surface area contributed by atoms with Gasteiger partial charge in [-0.1, -0.05) is 74.8 Å². The van der Waals surface area contributed by atoms with Gasteiger partial charge in [0.2, 0.25) is 5.91 Å². The molecular formula is C32H40ClN3O2. The summed E-state index contributed by atoms with van der Waals surface area (Å²) in [6.45, 7) is 8.46. The zero-order valence-electron chi connectivity index (χ0n) is 22.8. The molecule has 0 radical (unpaired) electrons. The van der Waals surface area contributed by atoms with E-state index in [0.29, 0.717) is 35.5 Å². The van der Waals surface area contributed by atoms with Crippen LogP contribution in [0.4, 0.5) is 0 Å². The topological polar surface area (TPSA) is 61.4 Å². The molecule has 5 nitrogen and oxygen atoms in total. The fourth-order valence-corrected chi connectivity index (χ4v) is 5.45. The minimum atomic E-state index is -0.236. The van der Waals surface area contributed by atoms with Crippen molar-refractivity contribution in [2.75, 3.05) is 19.6 Å². The molecule has 1 saturated heterocycles. The first-order valence-corrected chi connectivity index (χ1v) is 14.3. The van der Waals surface area contributed by atoms with Crippen molar-refractivity contribution < 1.29 is 9.59 Å². The van der Waals surface area contributed by atoms with E-state index in [-0.39, 0.29) is 23.9 Å². The summed E-state index contributed by atoms with van der Waals surface area (Å²) in [5, 5.41) is 9.38. The summed E-state index contributed by atoms with van der Waals surface area (Å²) in [5.74, 6) is 0.909. The van der Waals surface area contributed by atoms with Gasteiger partial charge in [0.05, 0.1) is 6.04 Å². The van der Waals surface area contributed by atoms with E-state index in [1.54, 1.807) is 0 Å². The molecule has 0 bridgehead atoms. The van der Waals surface area contributed by atoms with Gasteiger partial charge in [-0.05, 0) is 72.2 Å². The van der Waals surface area contributed by atoms with Gasteiger partial charge in [-0.25, -0.2) is 0 Å². The molecule has 202 valence electrons. The fraction of sp³-hybridized carbons (Fsp3) is 0.438. The molecular weight excluding hydrogens is 494 g/mol. The van der Waals surface area contributed by atoms with Crippen molar-refractivity contribution >= 4 is 34.2 Å². The third-order valence-corrected chi connectivity index (χ3v) is 7.84. The Balaban J connectivity index is 1.43. The van der Waals surface area contributed by atoms with E-state index in [1.807, 2.05) is 42.5 Å². The first kappa shape index (κ1) is 28.1. The average Bonchev–Trinajstić information content (AvgIpc) is 3.07. The monoisotopic (exact) mass is 533 g/mol. The van der Waals surface area contributed by atoms with Gasteiger partial charge in [0.1, 0.15) is 0 Å². The normalized spacial score (nSPS) is 19.0. The van der Waals surface area contributed by atoms with Crippen molar-refractivity contribution in [1.29, 1.82) is 0 Å². The summed E-state index contributed by atoms with van der Waals surface area (Å²) in [6.07, 6.45) is 3.56. The molecule has 38 heavy (non-hydrogen) atoms. The Kier molecular flexibility index (Phi) is 9.81. The van der Waals surface area contributed by atoms with Crippen LogP contribution in [0.1, 0.15) is 68.3 Å².